The highest BCUT2D eigenvalue weighted by Crippen LogP contribution is 2.39. The summed E-state index contributed by atoms with van der Waals surface area (Å²) in [7, 11) is 0. The molecule has 4 nitrogen and oxygen atoms in total. The van der Waals surface area contributed by atoms with E-state index in [0.29, 0.717) is 0 Å². The average Bonchev–Trinajstić information content (AvgIpc) is 2.94. The van der Waals surface area contributed by atoms with Gasteiger partial charge in [0.05, 0.1) is 0 Å². The van der Waals surface area contributed by atoms with Crippen LogP contribution >= 0.6 is 0 Å². The zero-order chi connectivity index (χ0) is 12.1. The summed E-state index contributed by atoms with van der Waals surface area (Å²) in [6.45, 7) is 6.39. The summed E-state index contributed by atoms with van der Waals surface area (Å²) < 4.78 is 5.79. The standard InChI is InChI=1S/C13H23N3O/c1-3-9-14-10-6-11-15-16-12(17-11)13(2)7-4-5-8-13/h14H,3-10H2,1-2H3. The summed E-state index contributed by atoms with van der Waals surface area (Å²) in [6, 6.07) is 0. The molecule has 0 unspecified atom stereocenters. The van der Waals surface area contributed by atoms with Crippen LogP contribution in [0.5, 0.6) is 0 Å². The summed E-state index contributed by atoms with van der Waals surface area (Å²) in [5.41, 5.74) is 0.141. The van der Waals surface area contributed by atoms with Gasteiger partial charge in [-0.1, -0.05) is 26.7 Å². The van der Waals surface area contributed by atoms with E-state index in [-0.39, 0.29) is 5.41 Å². The fraction of sp³-hybridized carbons (Fsp3) is 0.846. The monoisotopic (exact) mass is 237 g/mol. The first-order valence-electron chi connectivity index (χ1n) is 6.78. The molecule has 0 spiro atoms. The van der Waals surface area contributed by atoms with E-state index in [1.54, 1.807) is 0 Å². The maximum Gasteiger partial charge on any atom is 0.222 e. The highest BCUT2D eigenvalue weighted by atomic mass is 16.4. The van der Waals surface area contributed by atoms with Gasteiger partial charge in [-0.15, -0.1) is 10.2 Å². The summed E-state index contributed by atoms with van der Waals surface area (Å²) in [5.74, 6) is 1.62. The molecule has 0 saturated heterocycles. The second kappa shape index (κ2) is 5.63. The Morgan fingerprint density at radius 1 is 1.24 bits per heavy atom. The third-order valence-electron chi connectivity index (χ3n) is 3.63. The predicted molar refractivity (Wildman–Crippen MR) is 67.0 cm³/mol. The topological polar surface area (TPSA) is 51.0 Å². The van der Waals surface area contributed by atoms with Crippen molar-refractivity contribution in [1.29, 1.82) is 0 Å². The lowest BCUT2D eigenvalue weighted by atomic mass is 9.89. The van der Waals surface area contributed by atoms with Crippen LogP contribution in [-0.4, -0.2) is 23.3 Å². The Hall–Kier alpha value is -0.900. The van der Waals surface area contributed by atoms with Crippen molar-refractivity contribution in [2.75, 3.05) is 13.1 Å². The molecule has 1 heterocycles. The second-order valence-electron chi connectivity index (χ2n) is 5.27. The first-order chi connectivity index (χ1) is 8.24. The molecule has 1 aromatic heterocycles. The normalized spacial score (nSPS) is 18.7. The van der Waals surface area contributed by atoms with Crippen molar-refractivity contribution in [1.82, 2.24) is 15.5 Å². The third-order valence-corrected chi connectivity index (χ3v) is 3.63. The minimum atomic E-state index is 0.141. The molecular weight excluding hydrogens is 214 g/mol. The van der Waals surface area contributed by atoms with Gasteiger partial charge in [-0.3, -0.25) is 0 Å². The molecule has 0 radical (unpaired) electrons. The molecule has 17 heavy (non-hydrogen) atoms. The number of nitrogens with one attached hydrogen (secondary N) is 1. The largest absolute Gasteiger partial charge is 0.425 e. The van der Waals surface area contributed by atoms with Crippen LogP contribution in [0, 0.1) is 0 Å². The Balaban J connectivity index is 1.87. The molecule has 4 heteroatoms. The predicted octanol–water partition coefficient (Wildman–Crippen LogP) is 2.44. The van der Waals surface area contributed by atoms with Crippen molar-refractivity contribution in [2.24, 2.45) is 0 Å². The molecule has 96 valence electrons. The van der Waals surface area contributed by atoms with Gasteiger partial charge >= 0.3 is 0 Å². The molecule has 0 amide bonds. The molecule has 1 N–H and O–H groups in total. The number of nitrogens with zero attached hydrogens (tertiary/aromatic N) is 2. The Kier molecular flexibility index (Phi) is 4.15. The van der Waals surface area contributed by atoms with Crippen molar-refractivity contribution < 1.29 is 4.42 Å². The summed E-state index contributed by atoms with van der Waals surface area (Å²) >= 11 is 0. The third kappa shape index (κ3) is 3.06. The molecule has 1 aliphatic rings. The van der Waals surface area contributed by atoms with E-state index in [4.69, 9.17) is 4.42 Å². The molecule has 1 aliphatic carbocycles. The molecule has 0 atom stereocenters. The number of rotatable bonds is 6. The second-order valence-corrected chi connectivity index (χ2v) is 5.27. The van der Waals surface area contributed by atoms with E-state index in [1.807, 2.05) is 0 Å². The van der Waals surface area contributed by atoms with Crippen molar-refractivity contribution >= 4 is 0 Å². The summed E-state index contributed by atoms with van der Waals surface area (Å²) in [5, 5.41) is 11.7. The Morgan fingerprint density at radius 3 is 2.71 bits per heavy atom. The lowest BCUT2D eigenvalue weighted by Crippen LogP contribution is -2.18. The fourth-order valence-corrected chi connectivity index (χ4v) is 2.46. The van der Waals surface area contributed by atoms with Crippen molar-refractivity contribution in [3.05, 3.63) is 11.8 Å². The van der Waals surface area contributed by atoms with Crippen LogP contribution in [0.4, 0.5) is 0 Å². The highest BCUT2D eigenvalue weighted by molar-refractivity contribution is 5.04. The van der Waals surface area contributed by atoms with Crippen molar-refractivity contribution in [3.8, 4) is 0 Å². The van der Waals surface area contributed by atoms with Gasteiger partial charge in [0.1, 0.15) is 0 Å². The van der Waals surface area contributed by atoms with E-state index in [2.05, 4.69) is 29.4 Å². The maximum atomic E-state index is 5.79. The van der Waals surface area contributed by atoms with Crippen LogP contribution in [-0.2, 0) is 11.8 Å². The molecule has 0 aromatic carbocycles. The van der Waals surface area contributed by atoms with Gasteiger partial charge in [-0.2, -0.15) is 0 Å². The van der Waals surface area contributed by atoms with Gasteiger partial charge in [0.15, 0.2) is 0 Å². The molecule has 0 bridgehead atoms. The number of aromatic nitrogens is 2. The molecule has 0 aliphatic heterocycles. The van der Waals surface area contributed by atoms with E-state index < -0.39 is 0 Å². The van der Waals surface area contributed by atoms with Crippen LogP contribution in [0.3, 0.4) is 0 Å². The average molecular weight is 237 g/mol. The van der Waals surface area contributed by atoms with Gasteiger partial charge in [-0.05, 0) is 25.8 Å². The van der Waals surface area contributed by atoms with E-state index in [1.165, 1.54) is 25.7 Å². The summed E-state index contributed by atoms with van der Waals surface area (Å²) in [4.78, 5) is 0. The fourth-order valence-electron chi connectivity index (χ4n) is 2.46. The van der Waals surface area contributed by atoms with Crippen LogP contribution in [0.25, 0.3) is 0 Å². The molecule has 1 aromatic rings. The van der Waals surface area contributed by atoms with E-state index in [9.17, 15) is 0 Å². The first kappa shape index (κ1) is 12.6. The van der Waals surface area contributed by atoms with Gasteiger partial charge in [0.2, 0.25) is 11.8 Å². The first-order valence-corrected chi connectivity index (χ1v) is 6.78. The smallest absolute Gasteiger partial charge is 0.222 e. The quantitative estimate of drug-likeness (QED) is 0.772. The van der Waals surface area contributed by atoms with E-state index in [0.717, 1.165) is 37.7 Å². The minimum absolute atomic E-state index is 0.141. The zero-order valence-electron chi connectivity index (χ0n) is 11.0. The van der Waals surface area contributed by atoms with Crippen LogP contribution < -0.4 is 5.32 Å². The van der Waals surface area contributed by atoms with Gasteiger partial charge < -0.3 is 9.73 Å². The van der Waals surface area contributed by atoms with Crippen molar-refractivity contribution in [3.63, 3.8) is 0 Å². The van der Waals surface area contributed by atoms with Crippen LogP contribution in [0.1, 0.15) is 57.7 Å². The Labute approximate surface area is 103 Å². The molecule has 2 rings (SSSR count). The molecule has 1 fully saturated rings. The maximum absolute atomic E-state index is 5.79. The van der Waals surface area contributed by atoms with Gasteiger partial charge in [0, 0.05) is 18.4 Å². The highest BCUT2D eigenvalue weighted by Gasteiger charge is 2.35. The lowest BCUT2D eigenvalue weighted by molar-refractivity contribution is 0.335. The number of hydrogen-bond acceptors (Lipinski definition) is 4. The van der Waals surface area contributed by atoms with E-state index >= 15 is 0 Å². The lowest BCUT2D eigenvalue weighted by Gasteiger charge is -2.17. The van der Waals surface area contributed by atoms with Crippen molar-refractivity contribution in [2.45, 2.75) is 57.8 Å². The van der Waals surface area contributed by atoms with Crippen LogP contribution in [0.15, 0.2) is 4.42 Å². The Morgan fingerprint density at radius 2 is 2.00 bits per heavy atom. The Bertz CT molecular complexity index is 342. The molecular formula is C13H23N3O. The number of hydrogen-bond donors (Lipinski definition) is 1. The zero-order valence-corrected chi connectivity index (χ0v) is 11.0. The summed E-state index contributed by atoms with van der Waals surface area (Å²) in [6.07, 6.45) is 6.93. The van der Waals surface area contributed by atoms with Gasteiger partial charge in [0.25, 0.3) is 0 Å². The minimum Gasteiger partial charge on any atom is -0.425 e. The van der Waals surface area contributed by atoms with Crippen LogP contribution in [0.2, 0.25) is 0 Å². The SMILES string of the molecule is CCCNCCc1nnc(C2(C)CCCC2)o1. The van der Waals surface area contributed by atoms with Gasteiger partial charge in [-0.25, -0.2) is 0 Å². The molecule has 1 saturated carbocycles.